The number of nitrogens with zero attached hydrogens (tertiary/aromatic N) is 4. The number of carboxylic acids is 1. The van der Waals surface area contributed by atoms with Crippen molar-refractivity contribution in [2.75, 3.05) is 24.5 Å². The number of aliphatic carboxylic acids is 1. The maximum absolute atomic E-state index is 13.1. The fourth-order valence-electron chi connectivity index (χ4n) is 4.20. The van der Waals surface area contributed by atoms with Gasteiger partial charge in [0.15, 0.2) is 0 Å². The Bertz CT molecular complexity index is 961. The minimum absolute atomic E-state index is 0.211. The minimum atomic E-state index is -5.08. The third kappa shape index (κ3) is 5.45. The molecular weight excluding hydrogens is 432 g/mol. The molecule has 4 rings (SSSR count). The van der Waals surface area contributed by atoms with Crippen molar-refractivity contribution >= 4 is 17.6 Å². The molecule has 1 N–H and O–H groups in total. The lowest BCUT2D eigenvalue weighted by atomic mass is 9.78. The van der Waals surface area contributed by atoms with Gasteiger partial charge in [-0.3, -0.25) is 14.4 Å². The van der Waals surface area contributed by atoms with E-state index in [-0.39, 0.29) is 17.1 Å². The number of benzene rings is 1. The molecule has 11 heteroatoms. The van der Waals surface area contributed by atoms with Gasteiger partial charge in [-0.05, 0) is 43.5 Å². The van der Waals surface area contributed by atoms with E-state index in [9.17, 15) is 22.4 Å². The van der Waals surface area contributed by atoms with Crippen LogP contribution in [0.25, 0.3) is 0 Å². The molecule has 2 aromatic rings. The van der Waals surface area contributed by atoms with Crippen molar-refractivity contribution in [3.05, 3.63) is 48.0 Å². The van der Waals surface area contributed by atoms with E-state index in [1.54, 1.807) is 10.9 Å². The standard InChI is InChI=1S/C19H23FN4O.C2HF3O2/c1-22-13-17(11-21-22)24-10-8-19(18(24)25)7-2-9-23(14-19)12-15-3-5-16(20)6-4-15;3-2(4,5)1(6)7/h3-6,11,13H,2,7-10,12,14H2,1H3;(H,6,7). The van der Waals surface area contributed by atoms with Crippen LogP contribution in [0.5, 0.6) is 0 Å². The number of hydrogen-bond donors (Lipinski definition) is 1. The Balaban J connectivity index is 0.000000360. The fourth-order valence-corrected chi connectivity index (χ4v) is 4.20. The Hall–Kier alpha value is -2.95. The number of carboxylic acid groups (broad SMARTS) is 1. The molecular formula is C21H24F4N4O3. The Morgan fingerprint density at radius 2 is 1.84 bits per heavy atom. The maximum atomic E-state index is 13.1. The number of aryl methyl sites for hydroxylation is 1. The van der Waals surface area contributed by atoms with Gasteiger partial charge in [0.25, 0.3) is 0 Å². The van der Waals surface area contributed by atoms with E-state index < -0.39 is 12.1 Å². The second-order valence-corrected chi connectivity index (χ2v) is 8.10. The van der Waals surface area contributed by atoms with E-state index in [0.29, 0.717) is 0 Å². The van der Waals surface area contributed by atoms with Gasteiger partial charge in [0.2, 0.25) is 5.91 Å². The molecule has 7 nitrogen and oxygen atoms in total. The van der Waals surface area contributed by atoms with E-state index in [2.05, 4.69) is 10.00 Å². The average molecular weight is 456 g/mol. The molecule has 1 aromatic carbocycles. The van der Waals surface area contributed by atoms with Crippen molar-refractivity contribution < 1.29 is 32.3 Å². The van der Waals surface area contributed by atoms with Crippen LogP contribution in [0, 0.1) is 11.2 Å². The van der Waals surface area contributed by atoms with Gasteiger partial charge in [-0.25, -0.2) is 9.18 Å². The molecule has 1 aromatic heterocycles. The molecule has 32 heavy (non-hydrogen) atoms. The summed E-state index contributed by atoms with van der Waals surface area (Å²) >= 11 is 0. The van der Waals surface area contributed by atoms with Crippen LogP contribution in [0.2, 0.25) is 0 Å². The van der Waals surface area contributed by atoms with Gasteiger partial charge >= 0.3 is 12.1 Å². The van der Waals surface area contributed by atoms with Crippen LogP contribution in [-0.2, 0) is 23.2 Å². The number of aromatic nitrogens is 2. The maximum Gasteiger partial charge on any atom is 0.490 e. The molecule has 2 aliphatic heterocycles. The molecule has 0 radical (unpaired) electrons. The third-order valence-electron chi connectivity index (χ3n) is 5.73. The van der Waals surface area contributed by atoms with Gasteiger partial charge in [0, 0.05) is 32.9 Å². The van der Waals surface area contributed by atoms with Crippen molar-refractivity contribution in [3.63, 3.8) is 0 Å². The molecule has 3 heterocycles. The second-order valence-electron chi connectivity index (χ2n) is 8.10. The highest BCUT2D eigenvalue weighted by Gasteiger charge is 2.49. The zero-order chi connectivity index (χ0) is 23.5. The molecule has 0 aliphatic carbocycles. The van der Waals surface area contributed by atoms with Gasteiger partial charge in [-0.2, -0.15) is 18.3 Å². The summed E-state index contributed by atoms with van der Waals surface area (Å²) < 4.78 is 46.6. The van der Waals surface area contributed by atoms with Crippen molar-refractivity contribution in [2.45, 2.75) is 32.0 Å². The number of rotatable bonds is 3. The predicted molar refractivity (Wildman–Crippen MR) is 107 cm³/mol. The molecule has 1 spiro atoms. The first-order valence-corrected chi connectivity index (χ1v) is 10.1. The summed E-state index contributed by atoms with van der Waals surface area (Å²) in [5, 5.41) is 11.3. The fraction of sp³-hybridized carbons (Fsp3) is 0.476. The number of anilines is 1. The lowest BCUT2D eigenvalue weighted by Crippen LogP contribution is -2.47. The van der Waals surface area contributed by atoms with Gasteiger partial charge in [-0.1, -0.05) is 12.1 Å². The molecule has 2 aliphatic rings. The Morgan fingerprint density at radius 3 is 2.41 bits per heavy atom. The van der Waals surface area contributed by atoms with Gasteiger partial charge in [-0.15, -0.1) is 0 Å². The van der Waals surface area contributed by atoms with Crippen LogP contribution < -0.4 is 4.90 Å². The lowest BCUT2D eigenvalue weighted by Gasteiger charge is -2.39. The Kier molecular flexibility index (Phi) is 6.87. The highest BCUT2D eigenvalue weighted by molar-refractivity contribution is 6.00. The number of halogens is 4. The van der Waals surface area contributed by atoms with Crippen LogP contribution in [-0.4, -0.2) is 57.5 Å². The summed E-state index contributed by atoms with van der Waals surface area (Å²) in [5.41, 5.74) is 1.70. The summed E-state index contributed by atoms with van der Waals surface area (Å²) in [7, 11) is 1.87. The zero-order valence-corrected chi connectivity index (χ0v) is 17.5. The summed E-state index contributed by atoms with van der Waals surface area (Å²) in [5.74, 6) is -2.74. The third-order valence-corrected chi connectivity index (χ3v) is 5.73. The number of amides is 1. The Labute approximate surface area is 182 Å². The van der Waals surface area contributed by atoms with E-state index >= 15 is 0 Å². The summed E-state index contributed by atoms with van der Waals surface area (Å²) in [6.45, 7) is 3.29. The normalized spacial score (nSPS) is 21.5. The van der Waals surface area contributed by atoms with Gasteiger partial charge < -0.3 is 10.0 Å². The average Bonchev–Trinajstić information content (AvgIpc) is 3.28. The number of piperidine rings is 1. The van der Waals surface area contributed by atoms with Crippen molar-refractivity contribution in [1.29, 1.82) is 0 Å². The molecule has 0 bridgehead atoms. The van der Waals surface area contributed by atoms with Crippen molar-refractivity contribution in [2.24, 2.45) is 12.5 Å². The van der Waals surface area contributed by atoms with Crippen molar-refractivity contribution in [1.82, 2.24) is 14.7 Å². The quantitative estimate of drug-likeness (QED) is 0.718. The van der Waals surface area contributed by atoms with E-state index in [1.807, 2.05) is 30.3 Å². The molecule has 174 valence electrons. The first-order valence-electron chi connectivity index (χ1n) is 10.1. The smallest absolute Gasteiger partial charge is 0.475 e. The number of likely N-dealkylation sites (tertiary alicyclic amines) is 1. The van der Waals surface area contributed by atoms with E-state index in [0.717, 1.165) is 56.7 Å². The van der Waals surface area contributed by atoms with Crippen LogP contribution >= 0.6 is 0 Å². The van der Waals surface area contributed by atoms with Gasteiger partial charge in [0.05, 0.1) is 17.3 Å². The molecule has 1 amide bonds. The second kappa shape index (κ2) is 9.27. The van der Waals surface area contributed by atoms with Crippen LogP contribution in [0.1, 0.15) is 24.8 Å². The molecule has 1 unspecified atom stereocenters. The lowest BCUT2D eigenvalue weighted by molar-refractivity contribution is -0.192. The monoisotopic (exact) mass is 456 g/mol. The van der Waals surface area contributed by atoms with Gasteiger partial charge in [0.1, 0.15) is 5.82 Å². The highest BCUT2D eigenvalue weighted by Crippen LogP contribution is 2.42. The number of carbonyl (C=O) groups is 2. The topological polar surface area (TPSA) is 78.7 Å². The Morgan fingerprint density at radius 1 is 1.19 bits per heavy atom. The molecule has 0 saturated carbocycles. The highest BCUT2D eigenvalue weighted by atomic mass is 19.4. The van der Waals surface area contributed by atoms with Crippen molar-refractivity contribution in [3.8, 4) is 0 Å². The van der Waals surface area contributed by atoms with Crippen LogP contribution in [0.4, 0.5) is 23.2 Å². The number of alkyl halides is 3. The first kappa shape index (κ1) is 23.7. The summed E-state index contributed by atoms with van der Waals surface area (Å²) in [4.78, 5) is 26.3. The van der Waals surface area contributed by atoms with E-state index in [4.69, 9.17) is 9.90 Å². The number of hydrogen-bond acceptors (Lipinski definition) is 4. The predicted octanol–water partition coefficient (Wildman–Crippen LogP) is 3.21. The summed E-state index contributed by atoms with van der Waals surface area (Å²) in [6, 6.07) is 6.66. The largest absolute Gasteiger partial charge is 0.490 e. The molecule has 1 atom stereocenters. The van der Waals surface area contributed by atoms with E-state index in [1.165, 1.54) is 12.1 Å². The van der Waals surface area contributed by atoms with Crippen LogP contribution in [0.3, 0.4) is 0 Å². The summed E-state index contributed by atoms with van der Waals surface area (Å²) in [6.07, 6.45) is 1.43. The first-order chi connectivity index (χ1) is 15.0. The molecule has 2 saturated heterocycles. The number of carbonyl (C=O) groups excluding carboxylic acids is 1. The molecule has 2 fully saturated rings. The SMILES string of the molecule is Cn1cc(N2CCC3(CCCN(Cc4ccc(F)cc4)C3)C2=O)cn1.O=C(O)C(F)(F)F. The van der Waals surface area contributed by atoms with Crippen LogP contribution in [0.15, 0.2) is 36.7 Å². The minimum Gasteiger partial charge on any atom is -0.475 e. The zero-order valence-electron chi connectivity index (χ0n) is 17.5.